The summed E-state index contributed by atoms with van der Waals surface area (Å²) in [4.78, 5) is 17.1. The fourth-order valence-corrected chi connectivity index (χ4v) is 3.75. The highest BCUT2D eigenvalue weighted by atomic mass is 32.2. The first-order valence-electron chi connectivity index (χ1n) is 7.88. The molecule has 1 heterocycles. The van der Waals surface area contributed by atoms with E-state index in [1.54, 1.807) is 0 Å². The number of hydrogen-bond acceptors (Lipinski definition) is 4. The summed E-state index contributed by atoms with van der Waals surface area (Å²) in [6.07, 6.45) is 1.07. The molecule has 1 aromatic rings. The summed E-state index contributed by atoms with van der Waals surface area (Å²) in [6.45, 7) is 4.36. The van der Waals surface area contributed by atoms with Crippen molar-refractivity contribution in [2.45, 2.75) is 19.4 Å². The van der Waals surface area contributed by atoms with Gasteiger partial charge in [-0.05, 0) is 57.5 Å². The van der Waals surface area contributed by atoms with Gasteiger partial charge in [0.05, 0.1) is 12.6 Å². The highest BCUT2D eigenvalue weighted by Crippen LogP contribution is 2.20. The molecule has 0 aliphatic carbocycles. The summed E-state index contributed by atoms with van der Waals surface area (Å²) in [7, 11) is 4.13. The zero-order valence-electron chi connectivity index (χ0n) is 13.7. The van der Waals surface area contributed by atoms with E-state index in [0.29, 0.717) is 6.61 Å². The molecule has 1 aliphatic rings. The van der Waals surface area contributed by atoms with E-state index in [-0.39, 0.29) is 11.9 Å². The lowest BCUT2D eigenvalue weighted by Crippen LogP contribution is -2.46. The van der Waals surface area contributed by atoms with Crippen molar-refractivity contribution in [1.29, 1.82) is 0 Å². The van der Waals surface area contributed by atoms with E-state index < -0.39 is 0 Å². The number of ether oxygens (including phenoxy) is 1. The highest BCUT2D eigenvalue weighted by molar-refractivity contribution is 7.99. The van der Waals surface area contributed by atoms with Gasteiger partial charge >= 0.3 is 0 Å². The number of thioether (sulfide) groups is 1. The van der Waals surface area contributed by atoms with Gasteiger partial charge in [-0.1, -0.05) is 0 Å². The average molecular weight is 322 g/mol. The molecule has 1 unspecified atom stereocenters. The minimum atomic E-state index is 0.136. The minimum Gasteiger partial charge on any atom is -0.494 e. The topological polar surface area (TPSA) is 32.8 Å². The molecule has 1 atom stereocenters. The van der Waals surface area contributed by atoms with Gasteiger partial charge in [0.25, 0.3) is 5.91 Å². The molecule has 1 fully saturated rings. The number of carbonyl (C=O) groups excluding carboxylic acids is 1. The van der Waals surface area contributed by atoms with E-state index >= 15 is 0 Å². The molecule has 0 saturated carbocycles. The van der Waals surface area contributed by atoms with Crippen LogP contribution in [0.1, 0.15) is 23.7 Å². The number of hydrogen-bond donors (Lipinski definition) is 0. The molecule has 4 nitrogen and oxygen atoms in total. The molecular weight excluding hydrogens is 296 g/mol. The Balaban J connectivity index is 2.12. The SMILES string of the molecule is CCOc1ccc(C(=O)N2CCCSCC2CN(C)C)cc1. The van der Waals surface area contributed by atoms with Gasteiger partial charge in [0.15, 0.2) is 0 Å². The second kappa shape index (κ2) is 8.44. The predicted molar refractivity (Wildman–Crippen MR) is 92.9 cm³/mol. The molecular formula is C17H26N2O2S. The van der Waals surface area contributed by atoms with Gasteiger partial charge in [-0.25, -0.2) is 0 Å². The Morgan fingerprint density at radius 2 is 2.09 bits per heavy atom. The fraction of sp³-hybridized carbons (Fsp3) is 0.588. The van der Waals surface area contributed by atoms with Gasteiger partial charge in [0.2, 0.25) is 0 Å². The van der Waals surface area contributed by atoms with Crippen LogP contribution in [0.3, 0.4) is 0 Å². The summed E-state index contributed by atoms with van der Waals surface area (Å²) >= 11 is 1.95. The van der Waals surface area contributed by atoms with Crippen molar-refractivity contribution in [3.05, 3.63) is 29.8 Å². The molecule has 0 aromatic heterocycles. The van der Waals surface area contributed by atoms with Crippen molar-refractivity contribution in [2.24, 2.45) is 0 Å². The van der Waals surface area contributed by atoms with Gasteiger partial charge in [-0.2, -0.15) is 11.8 Å². The van der Waals surface area contributed by atoms with Crippen LogP contribution in [0.5, 0.6) is 5.75 Å². The van der Waals surface area contributed by atoms with Crippen LogP contribution in [0.15, 0.2) is 24.3 Å². The van der Waals surface area contributed by atoms with E-state index in [1.807, 2.05) is 43.0 Å². The minimum absolute atomic E-state index is 0.136. The molecule has 0 radical (unpaired) electrons. The van der Waals surface area contributed by atoms with Crippen molar-refractivity contribution >= 4 is 17.7 Å². The average Bonchev–Trinajstić information content (AvgIpc) is 2.72. The lowest BCUT2D eigenvalue weighted by Gasteiger charge is -2.31. The lowest BCUT2D eigenvalue weighted by atomic mass is 10.1. The van der Waals surface area contributed by atoms with E-state index in [0.717, 1.165) is 42.3 Å². The van der Waals surface area contributed by atoms with E-state index in [9.17, 15) is 4.79 Å². The molecule has 0 spiro atoms. The normalized spacial score (nSPS) is 19.1. The van der Waals surface area contributed by atoms with Crippen LogP contribution in [0, 0.1) is 0 Å². The second-order valence-corrected chi connectivity index (χ2v) is 6.95. The Bertz CT molecular complexity index is 476. The van der Waals surface area contributed by atoms with Gasteiger partial charge in [0.1, 0.15) is 5.75 Å². The van der Waals surface area contributed by atoms with Crippen molar-refractivity contribution in [3.63, 3.8) is 0 Å². The quantitative estimate of drug-likeness (QED) is 0.834. The molecule has 1 saturated heterocycles. The first-order chi connectivity index (χ1) is 10.6. The second-order valence-electron chi connectivity index (χ2n) is 5.80. The molecule has 2 rings (SSSR count). The number of carbonyl (C=O) groups is 1. The van der Waals surface area contributed by atoms with Crippen molar-refractivity contribution in [3.8, 4) is 5.75 Å². The highest BCUT2D eigenvalue weighted by Gasteiger charge is 2.26. The largest absolute Gasteiger partial charge is 0.494 e. The number of benzene rings is 1. The smallest absolute Gasteiger partial charge is 0.254 e. The Hall–Kier alpha value is -1.20. The van der Waals surface area contributed by atoms with Crippen LogP contribution >= 0.6 is 11.8 Å². The van der Waals surface area contributed by atoms with Gasteiger partial charge in [-0.15, -0.1) is 0 Å². The van der Waals surface area contributed by atoms with Crippen molar-refractivity contribution in [2.75, 3.05) is 45.3 Å². The third-order valence-electron chi connectivity index (χ3n) is 3.69. The summed E-state index contributed by atoms with van der Waals surface area (Å²) in [6, 6.07) is 7.78. The standard InChI is InChI=1S/C17H26N2O2S/c1-4-21-16-8-6-14(7-9-16)17(20)19-10-5-11-22-13-15(19)12-18(2)3/h6-9,15H,4-5,10-13H2,1-3H3. The first kappa shape index (κ1) is 17.2. The van der Waals surface area contributed by atoms with Gasteiger partial charge in [-0.3, -0.25) is 4.79 Å². The molecule has 0 bridgehead atoms. The fourth-order valence-electron chi connectivity index (χ4n) is 2.70. The third kappa shape index (κ3) is 4.65. The van der Waals surface area contributed by atoms with Crippen LogP contribution < -0.4 is 4.74 Å². The molecule has 5 heteroatoms. The maximum Gasteiger partial charge on any atom is 0.254 e. The number of nitrogens with zero attached hydrogens (tertiary/aromatic N) is 2. The Morgan fingerprint density at radius 3 is 2.73 bits per heavy atom. The van der Waals surface area contributed by atoms with Gasteiger partial charge < -0.3 is 14.5 Å². The summed E-state index contributed by atoms with van der Waals surface area (Å²) < 4.78 is 5.44. The Labute approximate surface area is 137 Å². The van der Waals surface area contributed by atoms with E-state index in [1.165, 1.54) is 0 Å². The summed E-state index contributed by atoms with van der Waals surface area (Å²) in [5.74, 6) is 3.10. The molecule has 1 amide bonds. The Kier molecular flexibility index (Phi) is 6.58. The van der Waals surface area contributed by atoms with Crippen LogP contribution in [0.2, 0.25) is 0 Å². The molecule has 1 aromatic carbocycles. The summed E-state index contributed by atoms with van der Waals surface area (Å²) in [5, 5.41) is 0. The molecule has 122 valence electrons. The predicted octanol–water partition coefficient (Wildman–Crippen LogP) is 2.59. The lowest BCUT2D eigenvalue weighted by molar-refractivity contribution is 0.0675. The monoisotopic (exact) mass is 322 g/mol. The van der Waals surface area contributed by atoms with Crippen LogP contribution in [-0.4, -0.2) is 67.0 Å². The third-order valence-corrected chi connectivity index (χ3v) is 4.89. The zero-order valence-corrected chi connectivity index (χ0v) is 14.6. The Morgan fingerprint density at radius 1 is 1.36 bits per heavy atom. The van der Waals surface area contributed by atoms with Crippen LogP contribution in [0.4, 0.5) is 0 Å². The number of rotatable bonds is 5. The maximum absolute atomic E-state index is 12.9. The van der Waals surface area contributed by atoms with Crippen molar-refractivity contribution in [1.82, 2.24) is 9.80 Å². The number of amides is 1. The van der Waals surface area contributed by atoms with E-state index in [4.69, 9.17) is 4.74 Å². The summed E-state index contributed by atoms with van der Waals surface area (Å²) in [5.41, 5.74) is 0.749. The first-order valence-corrected chi connectivity index (χ1v) is 9.03. The zero-order chi connectivity index (χ0) is 15.9. The van der Waals surface area contributed by atoms with Gasteiger partial charge in [0, 0.05) is 24.4 Å². The molecule has 0 N–H and O–H groups in total. The van der Waals surface area contributed by atoms with Crippen LogP contribution in [0.25, 0.3) is 0 Å². The molecule has 1 aliphatic heterocycles. The van der Waals surface area contributed by atoms with E-state index in [2.05, 4.69) is 23.9 Å². The maximum atomic E-state index is 12.9. The number of likely N-dealkylation sites (N-methyl/N-ethyl adjacent to an activating group) is 1. The van der Waals surface area contributed by atoms with Crippen molar-refractivity contribution < 1.29 is 9.53 Å². The van der Waals surface area contributed by atoms with Crippen LogP contribution in [-0.2, 0) is 0 Å². The molecule has 22 heavy (non-hydrogen) atoms.